The number of hydrogen-bond acceptors (Lipinski definition) is 4. The van der Waals surface area contributed by atoms with E-state index in [0.717, 1.165) is 23.3 Å². The Labute approximate surface area is 153 Å². The lowest BCUT2D eigenvalue weighted by atomic mass is 10.1. The molecule has 138 valence electrons. The molecular formula is C19H22N2O4S. The quantitative estimate of drug-likeness (QED) is 0.838. The average molecular weight is 374 g/mol. The first kappa shape index (κ1) is 18.4. The highest BCUT2D eigenvalue weighted by Gasteiger charge is 2.24. The third-order valence-corrected chi connectivity index (χ3v) is 6.18. The smallest absolute Gasteiger partial charge is 0.251 e. The molecule has 0 saturated heterocycles. The normalized spacial score (nSPS) is 16.0. The summed E-state index contributed by atoms with van der Waals surface area (Å²) in [7, 11) is -2.28. The lowest BCUT2D eigenvalue weighted by Crippen LogP contribution is -2.34. The third-order valence-electron chi connectivity index (χ3n) is 4.64. The van der Waals surface area contributed by atoms with E-state index in [1.54, 1.807) is 19.9 Å². The van der Waals surface area contributed by atoms with Gasteiger partial charge in [0.1, 0.15) is 11.9 Å². The van der Waals surface area contributed by atoms with Gasteiger partial charge in [-0.25, -0.2) is 13.1 Å². The van der Waals surface area contributed by atoms with Crippen molar-refractivity contribution < 1.29 is 17.9 Å². The molecule has 0 aromatic heterocycles. The molecule has 6 nitrogen and oxygen atoms in total. The summed E-state index contributed by atoms with van der Waals surface area (Å²) >= 11 is 0. The minimum absolute atomic E-state index is 0.120. The molecule has 0 fully saturated rings. The summed E-state index contributed by atoms with van der Waals surface area (Å²) in [6.07, 6.45) is 0.617. The lowest BCUT2D eigenvalue weighted by Gasteiger charge is -2.14. The number of carbonyl (C=O) groups is 1. The van der Waals surface area contributed by atoms with Crippen molar-refractivity contribution in [1.82, 2.24) is 10.0 Å². The standard InChI is InChI=1S/C19H22N2O4S/c1-12-8-15(10-18(13(12)2)26(23,24)20-3)19(22)21-11-16-9-14-6-4-5-7-17(14)25-16/h4-8,10,16,20H,9,11H2,1-3H3,(H,21,22). The molecule has 2 N–H and O–H groups in total. The minimum atomic E-state index is -3.63. The first-order valence-corrected chi connectivity index (χ1v) is 9.87. The highest BCUT2D eigenvalue weighted by atomic mass is 32.2. The van der Waals surface area contributed by atoms with Gasteiger partial charge in [-0.1, -0.05) is 18.2 Å². The maximum absolute atomic E-state index is 12.5. The van der Waals surface area contributed by atoms with Crippen LogP contribution in [-0.2, 0) is 16.4 Å². The van der Waals surface area contributed by atoms with Crippen molar-refractivity contribution in [3.63, 3.8) is 0 Å². The molecule has 3 rings (SSSR count). The second-order valence-corrected chi connectivity index (χ2v) is 8.24. The van der Waals surface area contributed by atoms with Gasteiger partial charge in [0.25, 0.3) is 5.91 Å². The fourth-order valence-electron chi connectivity index (χ4n) is 3.02. The number of sulfonamides is 1. The van der Waals surface area contributed by atoms with Crippen molar-refractivity contribution in [2.75, 3.05) is 13.6 Å². The summed E-state index contributed by atoms with van der Waals surface area (Å²) in [4.78, 5) is 12.6. The zero-order chi connectivity index (χ0) is 18.9. The Kier molecular flexibility index (Phi) is 5.02. The largest absolute Gasteiger partial charge is 0.488 e. The van der Waals surface area contributed by atoms with Crippen LogP contribution in [0.25, 0.3) is 0 Å². The van der Waals surface area contributed by atoms with E-state index in [1.165, 1.54) is 13.1 Å². The van der Waals surface area contributed by atoms with Gasteiger partial charge >= 0.3 is 0 Å². The van der Waals surface area contributed by atoms with Crippen LogP contribution in [0.3, 0.4) is 0 Å². The van der Waals surface area contributed by atoms with Crippen molar-refractivity contribution in [3.05, 3.63) is 58.7 Å². The third kappa shape index (κ3) is 3.59. The van der Waals surface area contributed by atoms with E-state index in [1.807, 2.05) is 24.3 Å². The topological polar surface area (TPSA) is 84.5 Å². The van der Waals surface area contributed by atoms with E-state index in [-0.39, 0.29) is 16.9 Å². The van der Waals surface area contributed by atoms with Gasteiger partial charge in [-0.2, -0.15) is 0 Å². The van der Waals surface area contributed by atoms with Crippen LogP contribution in [0.2, 0.25) is 0 Å². The Bertz CT molecular complexity index is 929. The highest BCUT2D eigenvalue weighted by Crippen LogP contribution is 2.28. The Morgan fingerprint density at radius 3 is 2.65 bits per heavy atom. The zero-order valence-electron chi connectivity index (χ0n) is 15.0. The minimum Gasteiger partial charge on any atom is -0.488 e. The number of rotatable bonds is 5. The first-order valence-electron chi connectivity index (χ1n) is 8.39. The zero-order valence-corrected chi connectivity index (χ0v) is 15.8. The predicted molar refractivity (Wildman–Crippen MR) is 99.1 cm³/mol. The van der Waals surface area contributed by atoms with Crippen LogP contribution in [0.5, 0.6) is 5.75 Å². The fraction of sp³-hybridized carbons (Fsp3) is 0.316. The van der Waals surface area contributed by atoms with Crippen LogP contribution in [0.4, 0.5) is 0 Å². The molecule has 2 aromatic rings. The summed E-state index contributed by atoms with van der Waals surface area (Å²) < 4.78 is 32.5. The van der Waals surface area contributed by atoms with Gasteiger partial charge in [-0.05, 0) is 55.8 Å². The van der Waals surface area contributed by atoms with Crippen molar-refractivity contribution in [3.8, 4) is 5.75 Å². The van der Waals surface area contributed by atoms with E-state index in [2.05, 4.69) is 10.0 Å². The molecule has 1 heterocycles. The van der Waals surface area contributed by atoms with E-state index >= 15 is 0 Å². The maximum atomic E-state index is 12.5. The van der Waals surface area contributed by atoms with Gasteiger partial charge in [0.05, 0.1) is 11.4 Å². The molecule has 0 aliphatic carbocycles. The van der Waals surface area contributed by atoms with Gasteiger partial charge in [0, 0.05) is 12.0 Å². The fourth-order valence-corrected chi connectivity index (χ4v) is 4.09. The van der Waals surface area contributed by atoms with Gasteiger partial charge < -0.3 is 10.1 Å². The number of benzene rings is 2. The number of ether oxygens (including phenoxy) is 1. The van der Waals surface area contributed by atoms with Gasteiger partial charge in [0.15, 0.2) is 0 Å². The molecule has 26 heavy (non-hydrogen) atoms. The number of aryl methyl sites for hydroxylation is 1. The maximum Gasteiger partial charge on any atom is 0.251 e. The number of hydrogen-bond donors (Lipinski definition) is 2. The monoisotopic (exact) mass is 374 g/mol. The van der Waals surface area contributed by atoms with Crippen LogP contribution in [-0.4, -0.2) is 34.0 Å². The molecule has 1 atom stereocenters. The molecule has 7 heteroatoms. The van der Waals surface area contributed by atoms with Crippen molar-refractivity contribution in [2.45, 2.75) is 31.3 Å². The SMILES string of the molecule is CNS(=O)(=O)c1cc(C(=O)NCC2Cc3ccccc3O2)cc(C)c1C. The average Bonchev–Trinajstić information content (AvgIpc) is 3.04. The Hall–Kier alpha value is -2.38. The first-order chi connectivity index (χ1) is 12.3. The predicted octanol–water partition coefficient (Wildman–Crippen LogP) is 1.95. The molecule has 0 spiro atoms. The van der Waals surface area contributed by atoms with Crippen LogP contribution in [0.15, 0.2) is 41.3 Å². The number of amides is 1. The van der Waals surface area contributed by atoms with Crippen LogP contribution >= 0.6 is 0 Å². The molecular weight excluding hydrogens is 352 g/mol. The Balaban J connectivity index is 1.73. The van der Waals surface area contributed by atoms with Gasteiger partial charge in [0.2, 0.25) is 10.0 Å². The molecule has 1 aliphatic rings. The summed E-state index contributed by atoms with van der Waals surface area (Å²) in [6.45, 7) is 3.87. The summed E-state index contributed by atoms with van der Waals surface area (Å²) in [5.74, 6) is 0.528. The summed E-state index contributed by atoms with van der Waals surface area (Å²) in [5.41, 5.74) is 2.82. The Morgan fingerprint density at radius 1 is 1.23 bits per heavy atom. The second-order valence-electron chi connectivity index (χ2n) is 6.39. The van der Waals surface area contributed by atoms with E-state index in [9.17, 15) is 13.2 Å². The number of para-hydroxylation sites is 1. The molecule has 1 amide bonds. The number of fused-ring (bicyclic) bond motifs is 1. The van der Waals surface area contributed by atoms with Crippen LogP contribution in [0, 0.1) is 13.8 Å². The molecule has 1 unspecified atom stereocenters. The lowest BCUT2D eigenvalue weighted by molar-refractivity contribution is 0.0933. The van der Waals surface area contributed by atoms with Crippen LogP contribution in [0.1, 0.15) is 27.0 Å². The van der Waals surface area contributed by atoms with E-state index < -0.39 is 10.0 Å². The van der Waals surface area contributed by atoms with E-state index in [0.29, 0.717) is 17.7 Å². The molecule has 0 saturated carbocycles. The summed E-state index contributed by atoms with van der Waals surface area (Å²) in [5, 5.41) is 2.84. The second kappa shape index (κ2) is 7.09. The molecule has 1 aliphatic heterocycles. The van der Waals surface area contributed by atoms with Crippen molar-refractivity contribution >= 4 is 15.9 Å². The van der Waals surface area contributed by atoms with Crippen LogP contribution < -0.4 is 14.8 Å². The van der Waals surface area contributed by atoms with E-state index in [4.69, 9.17) is 4.74 Å². The number of carbonyl (C=O) groups excluding carboxylic acids is 1. The van der Waals surface area contributed by atoms with Gasteiger partial charge in [-0.3, -0.25) is 4.79 Å². The Morgan fingerprint density at radius 2 is 1.96 bits per heavy atom. The molecule has 0 bridgehead atoms. The van der Waals surface area contributed by atoms with Gasteiger partial charge in [-0.15, -0.1) is 0 Å². The summed E-state index contributed by atoms with van der Waals surface area (Å²) in [6, 6.07) is 10.9. The number of nitrogens with one attached hydrogen (secondary N) is 2. The molecule has 2 aromatic carbocycles. The van der Waals surface area contributed by atoms with Crippen molar-refractivity contribution in [1.29, 1.82) is 0 Å². The molecule has 0 radical (unpaired) electrons. The highest BCUT2D eigenvalue weighted by molar-refractivity contribution is 7.89. The van der Waals surface area contributed by atoms with Crippen molar-refractivity contribution in [2.24, 2.45) is 0 Å².